The topological polar surface area (TPSA) is 36.8 Å². The van der Waals surface area contributed by atoms with E-state index in [1.54, 1.807) is 0 Å². The Morgan fingerprint density at radius 3 is 2.09 bits per heavy atom. The smallest absolute Gasteiger partial charge is 0.0707 e. The average molecular weight is 426 g/mol. The lowest BCUT2D eigenvalue weighted by Gasteiger charge is -2.31. The van der Waals surface area contributed by atoms with E-state index < -0.39 is 0 Å². The number of fused-ring (bicyclic) bond motifs is 1. The van der Waals surface area contributed by atoms with E-state index in [9.17, 15) is 0 Å². The van der Waals surface area contributed by atoms with Crippen LogP contribution in [-0.4, -0.2) is 23.5 Å². The van der Waals surface area contributed by atoms with Crippen LogP contribution in [0.2, 0.25) is 0 Å². The van der Waals surface area contributed by atoms with Gasteiger partial charge in [-0.15, -0.1) is 0 Å². The van der Waals surface area contributed by atoms with Crippen molar-refractivity contribution in [2.75, 3.05) is 0 Å². The Balaban J connectivity index is 1.50. The third kappa shape index (κ3) is 5.16. The molecular weight excluding hydrogens is 390 g/mol. The molecule has 1 aliphatic rings. The van der Waals surface area contributed by atoms with Gasteiger partial charge in [-0.2, -0.15) is 0 Å². The minimum absolute atomic E-state index is 0.163. The minimum atomic E-state index is 0.163. The Labute approximate surface area is 192 Å². The third-order valence-electron chi connectivity index (χ3n) is 6.50. The van der Waals surface area contributed by atoms with Crippen LogP contribution in [0.3, 0.4) is 0 Å². The minimum Gasteiger partial charge on any atom is -0.301 e. The Bertz CT molecular complexity index is 1130. The first-order chi connectivity index (χ1) is 15.3. The monoisotopic (exact) mass is 425 g/mol. The van der Waals surface area contributed by atoms with Gasteiger partial charge in [-0.25, -0.2) is 0 Å². The predicted octanol–water partition coefficient (Wildman–Crippen LogP) is 7.53. The van der Waals surface area contributed by atoms with E-state index in [0.717, 1.165) is 35.6 Å². The van der Waals surface area contributed by atoms with Crippen molar-refractivity contribution in [2.24, 2.45) is 9.98 Å². The van der Waals surface area contributed by atoms with Crippen LogP contribution in [0.5, 0.6) is 0 Å². The molecule has 0 spiro atoms. The normalized spacial score (nSPS) is 20.5. The maximum atomic E-state index is 5.04. The molecule has 3 heteroatoms. The zero-order chi connectivity index (χ0) is 22.7. The summed E-state index contributed by atoms with van der Waals surface area (Å²) < 4.78 is 0. The van der Waals surface area contributed by atoms with Crippen molar-refractivity contribution in [3.8, 4) is 0 Å². The molecule has 2 unspecified atom stereocenters. The van der Waals surface area contributed by atoms with Crippen molar-refractivity contribution in [2.45, 2.75) is 71.4 Å². The SMILES string of the molecule is CC(=Nc1ccc(C(C)(C)C)cc1)C1CCCC(C(C)=Nc2cccc3ccccc23)N1. The Hall–Kier alpha value is -2.78. The van der Waals surface area contributed by atoms with Crippen LogP contribution in [0.1, 0.15) is 59.4 Å². The number of hydrogen-bond donors (Lipinski definition) is 1. The van der Waals surface area contributed by atoms with Crippen LogP contribution in [0, 0.1) is 0 Å². The molecule has 0 radical (unpaired) electrons. The van der Waals surface area contributed by atoms with Crippen LogP contribution in [0.25, 0.3) is 10.8 Å². The van der Waals surface area contributed by atoms with E-state index in [0.29, 0.717) is 0 Å². The highest BCUT2D eigenvalue weighted by Gasteiger charge is 2.25. The summed E-state index contributed by atoms with van der Waals surface area (Å²) >= 11 is 0. The molecule has 32 heavy (non-hydrogen) atoms. The summed E-state index contributed by atoms with van der Waals surface area (Å²) in [5.41, 5.74) is 5.88. The highest BCUT2D eigenvalue weighted by molar-refractivity contribution is 5.98. The standard InChI is InChI=1S/C29H35N3/c1-20(30-24-18-16-23(17-19-24)29(3,4)5)26-13-9-14-27(32-26)21(2)31-28-15-8-11-22-10-6-7-12-25(22)28/h6-8,10-12,15-19,26-27,32H,9,13-14H2,1-5H3. The Kier molecular flexibility index (Phi) is 6.57. The molecule has 0 saturated carbocycles. The first-order valence-electron chi connectivity index (χ1n) is 11.8. The van der Waals surface area contributed by atoms with Crippen molar-refractivity contribution in [1.29, 1.82) is 0 Å². The summed E-state index contributed by atoms with van der Waals surface area (Å²) in [4.78, 5) is 9.97. The van der Waals surface area contributed by atoms with Gasteiger partial charge in [-0.05, 0) is 67.7 Å². The maximum absolute atomic E-state index is 5.04. The van der Waals surface area contributed by atoms with Gasteiger partial charge in [0.25, 0.3) is 0 Å². The highest BCUT2D eigenvalue weighted by Crippen LogP contribution is 2.28. The van der Waals surface area contributed by atoms with Crippen molar-refractivity contribution < 1.29 is 0 Å². The van der Waals surface area contributed by atoms with Crippen LogP contribution in [0.15, 0.2) is 76.7 Å². The lowest BCUT2D eigenvalue weighted by atomic mass is 9.87. The molecule has 0 amide bonds. The van der Waals surface area contributed by atoms with Crippen LogP contribution >= 0.6 is 0 Å². The predicted molar refractivity (Wildman–Crippen MR) is 139 cm³/mol. The second kappa shape index (κ2) is 9.38. The van der Waals surface area contributed by atoms with E-state index in [-0.39, 0.29) is 17.5 Å². The third-order valence-corrected chi connectivity index (χ3v) is 6.50. The van der Waals surface area contributed by atoms with Gasteiger partial charge in [-0.3, -0.25) is 9.98 Å². The molecule has 4 rings (SSSR count). The van der Waals surface area contributed by atoms with Crippen molar-refractivity contribution in [3.05, 3.63) is 72.3 Å². The van der Waals surface area contributed by atoms with Crippen LogP contribution in [0.4, 0.5) is 11.4 Å². The fraction of sp³-hybridized carbons (Fsp3) is 0.379. The largest absolute Gasteiger partial charge is 0.301 e. The molecule has 166 valence electrons. The number of aliphatic imine (C=N–C) groups is 2. The zero-order valence-corrected chi connectivity index (χ0v) is 20.0. The molecule has 0 bridgehead atoms. The van der Waals surface area contributed by atoms with Crippen molar-refractivity contribution in [3.63, 3.8) is 0 Å². The molecule has 1 heterocycles. The molecular formula is C29H35N3. The Morgan fingerprint density at radius 2 is 1.41 bits per heavy atom. The number of hydrogen-bond acceptors (Lipinski definition) is 3. The van der Waals surface area contributed by atoms with Gasteiger partial charge in [0.1, 0.15) is 0 Å². The summed E-state index contributed by atoms with van der Waals surface area (Å²) in [6.07, 6.45) is 3.41. The van der Waals surface area contributed by atoms with E-state index in [1.165, 1.54) is 22.8 Å². The van der Waals surface area contributed by atoms with E-state index in [2.05, 4.69) is 107 Å². The number of benzene rings is 3. The van der Waals surface area contributed by atoms with E-state index in [1.807, 2.05) is 0 Å². The fourth-order valence-electron chi connectivity index (χ4n) is 4.49. The Morgan fingerprint density at radius 1 is 0.781 bits per heavy atom. The fourth-order valence-corrected chi connectivity index (χ4v) is 4.49. The lowest BCUT2D eigenvalue weighted by molar-refractivity contribution is 0.427. The first-order valence-corrected chi connectivity index (χ1v) is 11.8. The molecule has 0 aliphatic carbocycles. The summed E-state index contributed by atoms with van der Waals surface area (Å²) in [5.74, 6) is 0. The average Bonchev–Trinajstić information content (AvgIpc) is 2.79. The van der Waals surface area contributed by atoms with Crippen LogP contribution < -0.4 is 5.32 Å². The molecule has 1 fully saturated rings. The van der Waals surface area contributed by atoms with E-state index in [4.69, 9.17) is 9.98 Å². The number of piperidine rings is 1. The summed E-state index contributed by atoms with van der Waals surface area (Å²) in [6.45, 7) is 11.0. The number of nitrogens with zero attached hydrogens (tertiary/aromatic N) is 2. The van der Waals surface area contributed by atoms with E-state index >= 15 is 0 Å². The molecule has 2 atom stereocenters. The maximum Gasteiger partial charge on any atom is 0.0707 e. The van der Waals surface area contributed by atoms with Gasteiger partial charge >= 0.3 is 0 Å². The molecule has 1 aliphatic heterocycles. The second-order valence-corrected chi connectivity index (χ2v) is 10.0. The van der Waals surface area contributed by atoms with Gasteiger partial charge in [0, 0.05) is 28.9 Å². The van der Waals surface area contributed by atoms with Crippen LogP contribution in [-0.2, 0) is 5.41 Å². The van der Waals surface area contributed by atoms with Crippen molar-refractivity contribution in [1.82, 2.24) is 5.32 Å². The van der Waals surface area contributed by atoms with Gasteiger partial charge in [0.05, 0.1) is 11.4 Å². The zero-order valence-electron chi connectivity index (χ0n) is 20.0. The molecule has 1 saturated heterocycles. The second-order valence-electron chi connectivity index (χ2n) is 10.0. The first kappa shape index (κ1) is 22.4. The number of rotatable bonds is 4. The molecule has 1 N–H and O–H groups in total. The summed E-state index contributed by atoms with van der Waals surface area (Å²) in [6, 6.07) is 24.0. The molecule has 3 nitrogen and oxygen atoms in total. The summed E-state index contributed by atoms with van der Waals surface area (Å²) in [5, 5.41) is 6.26. The number of nitrogens with one attached hydrogen (secondary N) is 1. The highest BCUT2D eigenvalue weighted by atomic mass is 15.0. The quantitative estimate of drug-likeness (QED) is 0.431. The van der Waals surface area contributed by atoms with Gasteiger partial charge in [0.2, 0.25) is 0 Å². The van der Waals surface area contributed by atoms with Crippen molar-refractivity contribution >= 4 is 33.6 Å². The summed E-state index contributed by atoms with van der Waals surface area (Å²) in [7, 11) is 0. The van der Waals surface area contributed by atoms with Gasteiger partial charge in [0.15, 0.2) is 0 Å². The lowest BCUT2D eigenvalue weighted by Crippen LogP contribution is -2.49. The van der Waals surface area contributed by atoms with Gasteiger partial charge < -0.3 is 5.32 Å². The van der Waals surface area contributed by atoms with Gasteiger partial charge in [-0.1, -0.05) is 69.3 Å². The molecule has 3 aromatic carbocycles. The molecule has 3 aromatic rings. The molecule has 0 aromatic heterocycles.